The third-order valence-corrected chi connectivity index (χ3v) is 3.84. The first-order valence-corrected chi connectivity index (χ1v) is 6.92. The number of carbonyl (C=O) groups excluding carboxylic acids is 1. The summed E-state index contributed by atoms with van der Waals surface area (Å²) in [4.78, 5) is 32.9. The van der Waals surface area contributed by atoms with Crippen molar-refractivity contribution in [2.45, 2.75) is 19.8 Å². The van der Waals surface area contributed by atoms with Crippen molar-refractivity contribution in [2.24, 2.45) is 5.92 Å². The molecule has 0 unspecified atom stereocenters. The van der Waals surface area contributed by atoms with Crippen LogP contribution in [0, 0.1) is 5.92 Å². The number of hydrogen-bond donors (Lipinski definition) is 1. The predicted molar refractivity (Wildman–Crippen MR) is 76.7 cm³/mol. The molecule has 3 rings (SSSR count). The molecule has 2 aromatic heterocycles. The Kier molecular flexibility index (Phi) is 3.26. The molecule has 20 heavy (non-hydrogen) atoms. The highest BCUT2D eigenvalue weighted by atomic mass is 16.2. The zero-order valence-electron chi connectivity index (χ0n) is 11.4. The Bertz CT molecular complexity index is 708. The van der Waals surface area contributed by atoms with E-state index in [0.717, 1.165) is 25.9 Å². The number of aromatic amines is 1. The van der Waals surface area contributed by atoms with E-state index in [0.29, 0.717) is 22.4 Å². The molecule has 0 spiro atoms. The maximum atomic E-state index is 12.6. The van der Waals surface area contributed by atoms with Gasteiger partial charge < -0.3 is 9.88 Å². The van der Waals surface area contributed by atoms with Crippen LogP contribution < -0.4 is 5.56 Å². The molecule has 1 N–H and O–H groups in total. The van der Waals surface area contributed by atoms with Crippen LogP contribution in [-0.2, 0) is 0 Å². The molecule has 1 fully saturated rings. The van der Waals surface area contributed by atoms with Crippen LogP contribution in [0.1, 0.15) is 30.1 Å². The molecular weight excluding hydrogens is 254 g/mol. The minimum absolute atomic E-state index is 0.0224. The third-order valence-electron chi connectivity index (χ3n) is 3.84. The first-order valence-electron chi connectivity index (χ1n) is 6.92. The van der Waals surface area contributed by atoms with Gasteiger partial charge in [-0.2, -0.15) is 0 Å². The molecule has 0 saturated carbocycles. The van der Waals surface area contributed by atoms with Gasteiger partial charge in [-0.15, -0.1) is 0 Å². The molecule has 1 atom stereocenters. The third kappa shape index (κ3) is 2.19. The summed E-state index contributed by atoms with van der Waals surface area (Å²) in [5.74, 6) is 0.505. The summed E-state index contributed by atoms with van der Waals surface area (Å²) in [6.07, 6.45) is 5.27. The van der Waals surface area contributed by atoms with Gasteiger partial charge in [0.2, 0.25) is 0 Å². The van der Waals surface area contributed by atoms with Crippen molar-refractivity contribution in [3.05, 3.63) is 40.4 Å². The molecule has 2 aromatic rings. The number of nitrogens with one attached hydrogen (secondary N) is 1. The van der Waals surface area contributed by atoms with Crippen molar-refractivity contribution in [1.82, 2.24) is 14.9 Å². The molecule has 1 aliphatic rings. The number of aromatic nitrogens is 2. The molecule has 5 heteroatoms. The lowest BCUT2D eigenvalue weighted by Gasteiger charge is -2.31. The maximum absolute atomic E-state index is 12.6. The fourth-order valence-corrected chi connectivity index (χ4v) is 2.81. The molecule has 0 aliphatic carbocycles. The largest absolute Gasteiger partial charge is 0.338 e. The molecule has 0 aromatic carbocycles. The average molecular weight is 271 g/mol. The quantitative estimate of drug-likeness (QED) is 0.860. The van der Waals surface area contributed by atoms with Crippen LogP contribution in [0.2, 0.25) is 0 Å². The van der Waals surface area contributed by atoms with E-state index in [1.165, 1.54) is 6.20 Å². The van der Waals surface area contributed by atoms with Gasteiger partial charge in [-0.05, 0) is 24.8 Å². The monoisotopic (exact) mass is 271 g/mol. The van der Waals surface area contributed by atoms with Crippen molar-refractivity contribution >= 4 is 16.8 Å². The van der Waals surface area contributed by atoms with Gasteiger partial charge in [0.05, 0.1) is 5.56 Å². The number of H-pyrrole nitrogens is 1. The van der Waals surface area contributed by atoms with Gasteiger partial charge >= 0.3 is 0 Å². The Morgan fingerprint density at radius 2 is 2.35 bits per heavy atom. The second kappa shape index (κ2) is 5.07. The van der Waals surface area contributed by atoms with Gasteiger partial charge in [0.1, 0.15) is 5.52 Å². The summed E-state index contributed by atoms with van der Waals surface area (Å²) in [5.41, 5.74) is 0.592. The highest BCUT2D eigenvalue weighted by molar-refractivity contribution is 6.05. The Morgan fingerprint density at radius 3 is 3.15 bits per heavy atom. The first-order chi connectivity index (χ1) is 9.66. The smallest absolute Gasteiger partial charge is 0.274 e. The fraction of sp³-hybridized carbons (Fsp3) is 0.400. The molecule has 3 heterocycles. The van der Waals surface area contributed by atoms with Gasteiger partial charge in [0.15, 0.2) is 0 Å². The van der Waals surface area contributed by atoms with Crippen molar-refractivity contribution in [3.63, 3.8) is 0 Å². The van der Waals surface area contributed by atoms with E-state index in [2.05, 4.69) is 16.9 Å². The molecule has 5 nitrogen and oxygen atoms in total. The van der Waals surface area contributed by atoms with Crippen molar-refractivity contribution < 1.29 is 4.79 Å². The lowest BCUT2D eigenvalue weighted by molar-refractivity contribution is 0.0684. The summed E-state index contributed by atoms with van der Waals surface area (Å²) in [7, 11) is 0. The molecule has 0 bridgehead atoms. The van der Waals surface area contributed by atoms with Gasteiger partial charge in [-0.25, -0.2) is 0 Å². The zero-order valence-corrected chi connectivity index (χ0v) is 11.4. The fourth-order valence-electron chi connectivity index (χ4n) is 2.81. The van der Waals surface area contributed by atoms with Crippen molar-refractivity contribution in [1.29, 1.82) is 0 Å². The van der Waals surface area contributed by atoms with E-state index in [9.17, 15) is 9.59 Å². The summed E-state index contributed by atoms with van der Waals surface area (Å²) in [6, 6.07) is 3.52. The first kappa shape index (κ1) is 12.8. The molecular formula is C15H17N3O2. The number of piperidine rings is 1. The lowest BCUT2D eigenvalue weighted by atomic mass is 9.99. The van der Waals surface area contributed by atoms with Crippen LogP contribution in [0.3, 0.4) is 0 Å². The maximum Gasteiger partial charge on any atom is 0.274 e. The number of nitrogens with zero attached hydrogens (tertiary/aromatic N) is 2. The Labute approximate surface area is 116 Å². The Balaban J connectivity index is 2.04. The molecule has 1 saturated heterocycles. The standard InChI is InChI=1S/C15H17N3O2/c1-10-4-3-7-18(9-10)15(20)12-8-17-14(19)13-11(12)5-2-6-16-13/h2,5-6,8,10H,3-4,7,9H2,1H3,(H,17,19)/t10-/m0/s1. The predicted octanol–water partition coefficient (Wildman–Crippen LogP) is 1.80. The molecule has 0 radical (unpaired) electrons. The van der Waals surface area contributed by atoms with E-state index >= 15 is 0 Å². The second-order valence-electron chi connectivity index (χ2n) is 5.43. The number of amides is 1. The topological polar surface area (TPSA) is 66.1 Å². The molecule has 1 amide bonds. The van der Waals surface area contributed by atoms with Crippen molar-refractivity contribution in [3.8, 4) is 0 Å². The Morgan fingerprint density at radius 1 is 1.50 bits per heavy atom. The average Bonchev–Trinajstić information content (AvgIpc) is 2.47. The van der Waals surface area contributed by atoms with E-state index in [1.807, 2.05) is 4.90 Å². The summed E-state index contributed by atoms with van der Waals surface area (Å²) in [5, 5.41) is 0.625. The Hall–Kier alpha value is -2.17. The number of carbonyl (C=O) groups is 1. The van der Waals surface area contributed by atoms with Gasteiger partial charge in [0, 0.05) is 30.9 Å². The van der Waals surface area contributed by atoms with E-state index in [-0.39, 0.29) is 11.5 Å². The van der Waals surface area contributed by atoms with Crippen LogP contribution in [0.15, 0.2) is 29.3 Å². The minimum Gasteiger partial charge on any atom is -0.338 e. The SMILES string of the molecule is C[C@H]1CCCN(C(=O)c2c[nH]c(=O)c3ncccc23)C1. The van der Waals surface area contributed by atoms with Gasteiger partial charge in [-0.1, -0.05) is 13.0 Å². The second-order valence-corrected chi connectivity index (χ2v) is 5.43. The number of fused-ring (bicyclic) bond motifs is 1. The van der Waals surface area contributed by atoms with Crippen LogP contribution in [0.5, 0.6) is 0 Å². The van der Waals surface area contributed by atoms with Crippen LogP contribution in [-0.4, -0.2) is 33.9 Å². The zero-order chi connectivity index (χ0) is 14.1. The van der Waals surface area contributed by atoms with Gasteiger partial charge in [0.25, 0.3) is 11.5 Å². The molecule has 1 aliphatic heterocycles. The normalized spacial score (nSPS) is 19.2. The van der Waals surface area contributed by atoms with Crippen LogP contribution >= 0.6 is 0 Å². The van der Waals surface area contributed by atoms with E-state index < -0.39 is 0 Å². The van der Waals surface area contributed by atoms with Gasteiger partial charge in [-0.3, -0.25) is 14.6 Å². The summed E-state index contributed by atoms with van der Waals surface area (Å²) < 4.78 is 0. The highest BCUT2D eigenvalue weighted by Gasteiger charge is 2.23. The number of hydrogen-bond acceptors (Lipinski definition) is 3. The lowest BCUT2D eigenvalue weighted by Crippen LogP contribution is -2.39. The summed E-state index contributed by atoms with van der Waals surface area (Å²) in [6.45, 7) is 3.72. The van der Waals surface area contributed by atoms with Crippen molar-refractivity contribution in [2.75, 3.05) is 13.1 Å². The van der Waals surface area contributed by atoms with E-state index in [1.54, 1.807) is 18.3 Å². The number of pyridine rings is 2. The highest BCUT2D eigenvalue weighted by Crippen LogP contribution is 2.20. The van der Waals surface area contributed by atoms with E-state index in [4.69, 9.17) is 0 Å². The molecule has 104 valence electrons. The number of likely N-dealkylation sites (tertiary alicyclic amines) is 1. The van der Waals surface area contributed by atoms with Crippen LogP contribution in [0.4, 0.5) is 0 Å². The summed E-state index contributed by atoms with van der Waals surface area (Å²) >= 11 is 0. The minimum atomic E-state index is -0.260. The van der Waals surface area contributed by atoms with Crippen LogP contribution in [0.25, 0.3) is 10.9 Å². The number of rotatable bonds is 1.